The Bertz CT molecular complexity index is 380. The largest absolute Gasteiger partial charge is 0.341 e. The van der Waals surface area contributed by atoms with E-state index in [4.69, 9.17) is 23.2 Å². The molecule has 15 heavy (non-hydrogen) atoms. The quantitative estimate of drug-likeness (QED) is 0.773. The summed E-state index contributed by atoms with van der Waals surface area (Å²) in [7, 11) is 1.74. The molecular formula is C9H10BrCl2NOS. The van der Waals surface area contributed by atoms with Crippen LogP contribution in [0.4, 0.5) is 0 Å². The van der Waals surface area contributed by atoms with Crippen molar-refractivity contribution >= 4 is 56.4 Å². The third-order valence-corrected chi connectivity index (χ3v) is 4.46. The van der Waals surface area contributed by atoms with E-state index in [2.05, 4.69) is 15.9 Å². The Morgan fingerprint density at radius 2 is 2.07 bits per heavy atom. The predicted molar refractivity (Wildman–Crippen MR) is 69.3 cm³/mol. The molecule has 0 aromatic carbocycles. The van der Waals surface area contributed by atoms with Gasteiger partial charge in [0.25, 0.3) is 0 Å². The number of carbonyl (C=O) groups is 1. The van der Waals surface area contributed by atoms with E-state index in [0.29, 0.717) is 20.5 Å². The standard InChI is InChI=1S/C9H10BrCl2NOS/c1-5-6(9(12)15-8(5)11)4-13(2)7(14)3-10/h3-4H2,1-2H3. The number of alkyl halides is 1. The van der Waals surface area contributed by atoms with E-state index in [-0.39, 0.29) is 5.91 Å². The summed E-state index contributed by atoms with van der Waals surface area (Å²) in [6.07, 6.45) is 0. The Morgan fingerprint density at radius 1 is 1.47 bits per heavy atom. The molecule has 0 fully saturated rings. The highest BCUT2D eigenvalue weighted by molar-refractivity contribution is 9.09. The van der Waals surface area contributed by atoms with E-state index < -0.39 is 0 Å². The summed E-state index contributed by atoms with van der Waals surface area (Å²) in [6, 6.07) is 0. The molecule has 0 saturated carbocycles. The van der Waals surface area contributed by atoms with Crippen LogP contribution in [-0.4, -0.2) is 23.2 Å². The fourth-order valence-corrected chi connectivity index (χ4v) is 3.19. The number of carbonyl (C=O) groups excluding carboxylic acids is 1. The third kappa shape index (κ3) is 3.09. The molecule has 0 bridgehead atoms. The van der Waals surface area contributed by atoms with E-state index in [0.717, 1.165) is 11.1 Å². The van der Waals surface area contributed by atoms with Gasteiger partial charge in [0, 0.05) is 19.2 Å². The number of nitrogens with zero attached hydrogens (tertiary/aromatic N) is 1. The number of thiophene rings is 1. The summed E-state index contributed by atoms with van der Waals surface area (Å²) in [5, 5.41) is 0.317. The summed E-state index contributed by atoms with van der Waals surface area (Å²) < 4.78 is 1.35. The van der Waals surface area contributed by atoms with E-state index >= 15 is 0 Å². The minimum atomic E-state index is 0.0211. The van der Waals surface area contributed by atoms with Crippen LogP contribution in [0.5, 0.6) is 0 Å². The van der Waals surface area contributed by atoms with Gasteiger partial charge >= 0.3 is 0 Å². The topological polar surface area (TPSA) is 20.3 Å². The normalized spacial score (nSPS) is 10.5. The van der Waals surface area contributed by atoms with Gasteiger partial charge in [0.1, 0.15) is 0 Å². The molecule has 0 aliphatic rings. The van der Waals surface area contributed by atoms with E-state index in [1.54, 1.807) is 11.9 Å². The Hall–Kier alpha value is 0.230. The number of amides is 1. The lowest BCUT2D eigenvalue weighted by molar-refractivity contribution is -0.127. The van der Waals surface area contributed by atoms with Crippen molar-refractivity contribution in [3.8, 4) is 0 Å². The van der Waals surface area contributed by atoms with Crippen LogP contribution in [0.1, 0.15) is 11.1 Å². The summed E-state index contributed by atoms with van der Waals surface area (Å²) in [6.45, 7) is 2.41. The molecule has 0 aliphatic heterocycles. The van der Waals surface area contributed by atoms with Gasteiger partial charge in [0.05, 0.1) is 14.0 Å². The smallest absolute Gasteiger partial charge is 0.233 e. The highest BCUT2D eigenvalue weighted by Crippen LogP contribution is 2.36. The first kappa shape index (κ1) is 13.3. The van der Waals surface area contributed by atoms with Crippen LogP contribution in [0.2, 0.25) is 8.67 Å². The monoisotopic (exact) mass is 329 g/mol. The lowest BCUT2D eigenvalue weighted by atomic mass is 10.2. The van der Waals surface area contributed by atoms with Crippen molar-refractivity contribution in [2.75, 3.05) is 12.4 Å². The van der Waals surface area contributed by atoms with Crippen molar-refractivity contribution in [3.05, 3.63) is 19.8 Å². The molecule has 1 aromatic heterocycles. The second-order valence-corrected chi connectivity index (χ2v) is 5.92. The number of rotatable bonds is 3. The zero-order chi connectivity index (χ0) is 11.6. The van der Waals surface area contributed by atoms with Crippen LogP contribution < -0.4 is 0 Å². The second kappa shape index (κ2) is 5.53. The maximum atomic E-state index is 11.4. The van der Waals surface area contributed by atoms with Crippen molar-refractivity contribution < 1.29 is 4.79 Å². The molecule has 6 heteroatoms. The van der Waals surface area contributed by atoms with Gasteiger partial charge in [-0.15, -0.1) is 11.3 Å². The van der Waals surface area contributed by atoms with Crippen LogP contribution in [0.15, 0.2) is 0 Å². The molecule has 0 spiro atoms. The average molecular weight is 331 g/mol. The first-order chi connectivity index (χ1) is 6.97. The molecular weight excluding hydrogens is 321 g/mol. The SMILES string of the molecule is Cc1c(Cl)sc(Cl)c1CN(C)C(=O)CBr. The molecule has 0 unspecified atom stereocenters. The average Bonchev–Trinajstić information content (AvgIpc) is 2.43. The fraction of sp³-hybridized carbons (Fsp3) is 0.444. The molecule has 0 aliphatic carbocycles. The van der Waals surface area contributed by atoms with Gasteiger partial charge in [-0.2, -0.15) is 0 Å². The minimum Gasteiger partial charge on any atom is -0.341 e. The maximum Gasteiger partial charge on any atom is 0.233 e. The Morgan fingerprint density at radius 3 is 2.47 bits per heavy atom. The summed E-state index contributed by atoms with van der Waals surface area (Å²) >= 11 is 16.4. The molecule has 0 atom stereocenters. The number of halogens is 3. The predicted octanol–water partition coefficient (Wildman–Crippen LogP) is 3.72. The molecule has 0 radical (unpaired) electrons. The number of hydrogen-bond donors (Lipinski definition) is 0. The molecule has 2 nitrogen and oxygen atoms in total. The Kier molecular flexibility index (Phi) is 4.90. The first-order valence-electron chi connectivity index (χ1n) is 4.20. The summed E-state index contributed by atoms with van der Waals surface area (Å²) in [5.41, 5.74) is 1.89. The molecule has 1 aromatic rings. The first-order valence-corrected chi connectivity index (χ1v) is 6.90. The highest BCUT2D eigenvalue weighted by atomic mass is 79.9. The molecule has 1 rings (SSSR count). The molecule has 1 heterocycles. The van der Waals surface area contributed by atoms with Crippen LogP contribution >= 0.6 is 50.5 Å². The lowest BCUT2D eigenvalue weighted by Crippen LogP contribution is -2.27. The molecule has 84 valence electrons. The van der Waals surface area contributed by atoms with Gasteiger partial charge < -0.3 is 4.90 Å². The van der Waals surface area contributed by atoms with Gasteiger partial charge in [0.2, 0.25) is 5.91 Å². The van der Waals surface area contributed by atoms with Crippen LogP contribution in [0.25, 0.3) is 0 Å². The van der Waals surface area contributed by atoms with Gasteiger partial charge in [-0.25, -0.2) is 0 Å². The van der Waals surface area contributed by atoms with Gasteiger partial charge in [-0.1, -0.05) is 39.1 Å². The summed E-state index contributed by atoms with van der Waals surface area (Å²) in [4.78, 5) is 13.0. The maximum absolute atomic E-state index is 11.4. The minimum absolute atomic E-state index is 0.0211. The third-order valence-electron chi connectivity index (χ3n) is 2.10. The van der Waals surface area contributed by atoms with Crippen LogP contribution in [-0.2, 0) is 11.3 Å². The summed E-state index contributed by atoms with van der Waals surface area (Å²) in [5.74, 6) is 0.0211. The van der Waals surface area contributed by atoms with Crippen molar-refractivity contribution in [2.45, 2.75) is 13.5 Å². The van der Waals surface area contributed by atoms with Crippen LogP contribution in [0, 0.1) is 6.92 Å². The Labute approximate surface area is 111 Å². The molecule has 0 N–H and O–H groups in total. The zero-order valence-corrected chi connectivity index (χ0v) is 12.2. The van der Waals surface area contributed by atoms with E-state index in [1.807, 2.05) is 6.92 Å². The lowest BCUT2D eigenvalue weighted by Gasteiger charge is -2.16. The van der Waals surface area contributed by atoms with Crippen molar-refractivity contribution in [2.24, 2.45) is 0 Å². The van der Waals surface area contributed by atoms with Crippen molar-refractivity contribution in [1.82, 2.24) is 4.90 Å². The molecule has 1 amide bonds. The zero-order valence-electron chi connectivity index (χ0n) is 8.31. The highest BCUT2D eigenvalue weighted by Gasteiger charge is 2.16. The fourth-order valence-electron chi connectivity index (χ4n) is 1.09. The van der Waals surface area contributed by atoms with Crippen molar-refractivity contribution in [3.63, 3.8) is 0 Å². The van der Waals surface area contributed by atoms with Gasteiger partial charge in [-0.3, -0.25) is 4.79 Å². The van der Waals surface area contributed by atoms with Crippen molar-refractivity contribution in [1.29, 1.82) is 0 Å². The number of hydrogen-bond acceptors (Lipinski definition) is 2. The van der Waals surface area contributed by atoms with E-state index in [1.165, 1.54) is 11.3 Å². The second-order valence-electron chi connectivity index (χ2n) is 3.14. The van der Waals surface area contributed by atoms with E-state index in [9.17, 15) is 4.79 Å². The Balaban J connectivity index is 2.85. The van der Waals surface area contributed by atoms with Crippen LogP contribution in [0.3, 0.4) is 0 Å². The van der Waals surface area contributed by atoms with Gasteiger partial charge in [0.15, 0.2) is 0 Å². The molecule has 0 saturated heterocycles. The van der Waals surface area contributed by atoms with Gasteiger partial charge in [-0.05, 0) is 12.5 Å².